The topological polar surface area (TPSA) is 78.7 Å². The third kappa shape index (κ3) is 5.05. The number of hydrogen-bond donors (Lipinski definition) is 1. The lowest BCUT2D eigenvalue weighted by Gasteiger charge is -2.34. The van der Waals surface area contributed by atoms with Crippen LogP contribution >= 0.6 is 11.8 Å². The van der Waals surface area contributed by atoms with Gasteiger partial charge >= 0.3 is 0 Å². The van der Waals surface area contributed by atoms with E-state index in [1.165, 1.54) is 0 Å². The molecule has 0 atom stereocenters. The maximum Gasteiger partial charge on any atom is 0.255 e. The predicted octanol–water partition coefficient (Wildman–Crippen LogP) is 2.62. The second-order valence-corrected chi connectivity index (χ2v) is 9.01. The lowest BCUT2D eigenvalue weighted by atomic mass is 10.2. The molecule has 1 saturated carbocycles. The van der Waals surface area contributed by atoms with Gasteiger partial charge in [-0.3, -0.25) is 14.5 Å². The number of piperazine rings is 1. The number of nitrogens with zero attached hydrogens (tertiary/aromatic N) is 3. The predicted molar refractivity (Wildman–Crippen MR) is 115 cm³/mol. The third-order valence-corrected chi connectivity index (χ3v) is 6.74. The molecule has 1 N–H and O–H groups in total. The Hall–Kier alpha value is -2.32. The highest BCUT2D eigenvalue weighted by atomic mass is 32.2. The molecule has 1 aromatic heterocycles. The number of rotatable bonds is 7. The van der Waals surface area contributed by atoms with E-state index in [2.05, 4.69) is 15.4 Å². The van der Waals surface area contributed by atoms with Crippen molar-refractivity contribution >= 4 is 23.6 Å². The summed E-state index contributed by atoms with van der Waals surface area (Å²) in [5.41, 5.74) is 2.71. The van der Waals surface area contributed by atoms with Crippen LogP contribution in [-0.2, 0) is 10.5 Å². The fraction of sp³-hybridized carbons (Fsp3) is 0.500. The van der Waals surface area contributed by atoms with Crippen molar-refractivity contribution in [2.45, 2.75) is 43.4 Å². The van der Waals surface area contributed by atoms with Gasteiger partial charge in [0.25, 0.3) is 5.91 Å². The summed E-state index contributed by atoms with van der Waals surface area (Å²) < 4.78 is 5.25. The largest absolute Gasteiger partial charge is 0.361 e. The van der Waals surface area contributed by atoms with Gasteiger partial charge in [0.1, 0.15) is 5.76 Å². The quantitative estimate of drug-likeness (QED) is 0.683. The summed E-state index contributed by atoms with van der Waals surface area (Å²) in [6.45, 7) is 6.99. The molecule has 30 heavy (non-hydrogen) atoms. The minimum Gasteiger partial charge on any atom is -0.361 e. The van der Waals surface area contributed by atoms with Crippen molar-refractivity contribution in [2.24, 2.45) is 0 Å². The number of nitrogens with one attached hydrogen (secondary N) is 1. The molecule has 2 heterocycles. The molecule has 1 aliphatic carbocycles. The minimum absolute atomic E-state index is 0.0546. The van der Waals surface area contributed by atoms with Crippen LogP contribution in [0.25, 0.3) is 0 Å². The fourth-order valence-electron chi connectivity index (χ4n) is 3.61. The van der Waals surface area contributed by atoms with Crippen molar-refractivity contribution in [3.8, 4) is 0 Å². The zero-order valence-corrected chi connectivity index (χ0v) is 18.3. The highest BCUT2D eigenvalue weighted by molar-refractivity contribution is 7.98. The van der Waals surface area contributed by atoms with Gasteiger partial charge in [0.05, 0.1) is 17.8 Å². The van der Waals surface area contributed by atoms with Gasteiger partial charge in [-0.2, -0.15) is 0 Å². The number of hydrogen-bond acceptors (Lipinski definition) is 6. The Morgan fingerprint density at radius 1 is 1.17 bits per heavy atom. The molecule has 1 saturated heterocycles. The van der Waals surface area contributed by atoms with Crippen molar-refractivity contribution in [3.63, 3.8) is 0 Å². The molecule has 7 nitrogen and oxygen atoms in total. The summed E-state index contributed by atoms with van der Waals surface area (Å²) in [6.07, 6.45) is 2.20. The van der Waals surface area contributed by atoms with Gasteiger partial charge < -0.3 is 14.7 Å². The summed E-state index contributed by atoms with van der Waals surface area (Å²) in [4.78, 5) is 30.2. The highest BCUT2D eigenvalue weighted by Gasteiger charge is 2.27. The molecule has 4 rings (SSSR count). The molecule has 0 spiro atoms. The molecule has 1 aromatic carbocycles. The summed E-state index contributed by atoms with van der Waals surface area (Å²) in [5, 5.41) is 7.04. The Morgan fingerprint density at radius 2 is 1.90 bits per heavy atom. The molecule has 2 aromatic rings. The van der Waals surface area contributed by atoms with Gasteiger partial charge in [-0.25, -0.2) is 0 Å². The van der Waals surface area contributed by atoms with Crippen LogP contribution in [0.5, 0.6) is 0 Å². The molecule has 0 bridgehead atoms. The van der Waals surface area contributed by atoms with Gasteiger partial charge in [0.2, 0.25) is 5.91 Å². The minimum atomic E-state index is 0.0546. The monoisotopic (exact) mass is 428 g/mol. The molecular weight excluding hydrogens is 400 g/mol. The first kappa shape index (κ1) is 20.9. The number of thioether (sulfide) groups is 1. The van der Waals surface area contributed by atoms with Crippen LogP contribution in [0.3, 0.4) is 0 Å². The smallest absolute Gasteiger partial charge is 0.255 e. The molecule has 2 aliphatic rings. The van der Waals surface area contributed by atoms with Crippen LogP contribution in [0.4, 0.5) is 0 Å². The van der Waals surface area contributed by atoms with Gasteiger partial charge in [-0.1, -0.05) is 17.3 Å². The van der Waals surface area contributed by atoms with Crippen molar-refractivity contribution in [1.82, 2.24) is 20.3 Å². The summed E-state index contributed by atoms with van der Waals surface area (Å²) in [7, 11) is 0. The van der Waals surface area contributed by atoms with Crippen molar-refractivity contribution in [2.75, 3.05) is 32.7 Å². The molecule has 0 radical (unpaired) electrons. The maximum atomic E-state index is 13.2. The normalized spacial score (nSPS) is 17.2. The van der Waals surface area contributed by atoms with Crippen molar-refractivity contribution < 1.29 is 14.1 Å². The molecule has 1 aliphatic heterocycles. The molecule has 8 heteroatoms. The molecule has 160 valence electrons. The Kier molecular flexibility index (Phi) is 6.43. The van der Waals surface area contributed by atoms with E-state index in [0.717, 1.165) is 59.2 Å². The van der Waals surface area contributed by atoms with E-state index < -0.39 is 0 Å². The van der Waals surface area contributed by atoms with Crippen LogP contribution in [0.15, 0.2) is 33.7 Å². The van der Waals surface area contributed by atoms with E-state index in [-0.39, 0.29) is 11.8 Å². The first-order valence-electron chi connectivity index (χ1n) is 10.5. The average Bonchev–Trinajstić information content (AvgIpc) is 3.50. The lowest BCUT2D eigenvalue weighted by Crippen LogP contribution is -2.51. The van der Waals surface area contributed by atoms with Gasteiger partial charge in [-0.15, -0.1) is 11.8 Å². The van der Waals surface area contributed by atoms with E-state index in [9.17, 15) is 9.59 Å². The Labute approximate surface area is 181 Å². The van der Waals surface area contributed by atoms with Crippen molar-refractivity contribution in [3.05, 3.63) is 46.8 Å². The van der Waals surface area contributed by atoms with Crippen LogP contribution < -0.4 is 5.32 Å². The maximum absolute atomic E-state index is 13.2. The molecular formula is C22H28N4O3S. The van der Waals surface area contributed by atoms with E-state index in [1.54, 1.807) is 11.8 Å². The van der Waals surface area contributed by atoms with Crippen LogP contribution in [0.2, 0.25) is 0 Å². The lowest BCUT2D eigenvalue weighted by molar-refractivity contribution is -0.122. The number of amides is 2. The SMILES string of the molecule is Cc1noc(C)c1CSc1ccccc1C(=O)N1CCN(CC(=O)NC2CC2)CC1. The van der Waals surface area contributed by atoms with Gasteiger partial charge in [0.15, 0.2) is 0 Å². The second kappa shape index (κ2) is 9.22. The summed E-state index contributed by atoms with van der Waals surface area (Å²) in [5.74, 6) is 1.69. The summed E-state index contributed by atoms with van der Waals surface area (Å²) in [6, 6.07) is 8.15. The van der Waals surface area contributed by atoms with Gasteiger partial charge in [0, 0.05) is 48.4 Å². The molecule has 0 unspecified atom stereocenters. The van der Waals surface area contributed by atoms with E-state index >= 15 is 0 Å². The van der Waals surface area contributed by atoms with E-state index in [4.69, 9.17) is 4.52 Å². The molecule has 2 amide bonds. The second-order valence-electron chi connectivity index (χ2n) is 8.00. The van der Waals surface area contributed by atoms with E-state index in [0.29, 0.717) is 25.7 Å². The number of aryl methyl sites for hydroxylation is 2. The number of carbonyl (C=O) groups is 2. The zero-order valence-electron chi connectivity index (χ0n) is 17.5. The van der Waals surface area contributed by atoms with Gasteiger partial charge in [-0.05, 0) is 38.8 Å². The fourth-order valence-corrected chi connectivity index (χ4v) is 4.81. The third-order valence-electron chi connectivity index (χ3n) is 5.64. The molecule has 2 fully saturated rings. The Bertz CT molecular complexity index is 897. The first-order chi connectivity index (χ1) is 14.5. The van der Waals surface area contributed by atoms with Crippen LogP contribution in [0, 0.1) is 13.8 Å². The average molecular weight is 429 g/mol. The number of aromatic nitrogens is 1. The number of benzene rings is 1. The first-order valence-corrected chi connectivity index (χ1v) is 11.4. The Morgan fingerprint density at radius 3 is 2.57 bits per heavy atom. The standard InChI is InChI=1S/C22H28N4O3S/c1-15-19(16(2)29-24-15)14-30-20-6-4-3-5-18(20)22(28)26-11-9-25(10-12-26)13-21(27)23-17-7-8-17/h3-6,17H,7-14H2,1-2H3,(H,23,27). The summed E-state index contributed by atoms with van der Waals surface area (Å²) >= 11 is 1.64. The van der Waals surface area contributed by atoms with Crippen LogP contribution in [0.1, 0.15) is 40.2 Å². The zero-order chi connectivity index (χ0) is 21.1. The van der Waals surface area contributed by atoms with Crippen LogP contribution in [-0.4, -0.2) is 65.5 Å². The Balaban J connectivity index is 1.34. The number of carbonyl (C=O) groups excluding carboxylic acids is 2. The highest BCUT2D eigenvalue weighted by Crippen LogP contribution is 2.29. The van der Waals surface area contributed by atoms with E-state index in [1.807, 2.05) is 43.0 Å². The van der Waals surface area contributed by atoms with Crippen molar-refractivity contribution in [1.29, 1.82) is 0 Å².